The minimum absolute atomic E-state index is 0.0789. The Bertz CT molecular complexity index is 982. The van der Waals surface area contributed by atoms with E-state index >= 15 is 0 Å². The van der Waals surface area contributed by atoms with Crippen molar-refractivity contribution in [2.75, 3.05) is 20.1 Å². The fraction of sp³-hybridized carbons (Fsp3) is 0.333. The highest BCUT2D eigenvalue weighted by atomic mass is 79.9. The number of rotatable bonds is 3. The number of piperidine rings is 1. The number of likely N-dealkylation sites (N-methyl/N-ethyl adjacent to an activating group) is 1. The van der Waals surface area contributed by atoms with Crippen LogP contribution in [0.2, 0.25) is 0 Å². The zero-order valence-corrected chi connectivity index (χ0v) is 18.0. The summed E-state index contributed by atoms with van der Waals surface area (Å²) in [5.41, 5.74) is -0.445. The first kappa shape index (κ1) is 23.1. The Labute approximate surface area is 184 Å². The minimum Gasteiger partial charge on any atom is -0.465 e. The van der Waals surface area contributed by atoms with Gasteiger partial charge in [0, 0.05) is 42.1 Å². The van der Waals surface area contributed by atoms with Crippen molar-refractivity contribution >= 4 is 27.9 Å². The van der Waals surface area contributed by atoms with Crippen molar-refractivity contribution in [1.29, 1.82) is 0 Å². The van der Waals surface area contributed by atoms with E-state index in [0.717, 1.165) is 12.1 Å². The van der Waals surface area contributed by atoms with Crippen LogP contribution in [0.15, 0.2) is 46.9 Å². The molecule has 1 N–H and O–H groups in total. The average Bonchev–Trinajstić information content (AvgIpc) is 2.71. The van der Waals surface area contributed by atoms with Gasteiger partial charge in [0.2, 0.25) is 0 Å². The quantitative estimate of drug-likeness (QED) is 0.585. The van der Waals surface area contributed by atoms with E-state index in [4.69, 9.17) is 0 Å². The van der Waals surface area contributed by atoms with E-state index < -0.39 is 41.5 Å². The summed E-state index contributed by atoms with van der Waals surface area (Å²) in [6.07, 6.45) is -5.43. The standard InChI is InChI=1S/C21H19BrF4N2O3/c1-27(19(29)13-8-14(21(24,25)26)10-15(22)9-13)18-6-7-28(20(30)31)11-17(18)12-2-4-16(23)5-3-12/h2-5,8-10,17-18H,6-7,11H2,1H3,(H,30,31). The van der Waals surface area contributed by atoms with Crippen molar-refractivity contribution in [3.63, 3.8) is 0 Å². The second-order valence-corrected chi connectivity index (χ2v) is 8.30. The second-order valence-electron chi connectivity index (χ2n) is 7.39. The molecule has 31 heavy (non-hydrogen) atoms. The number of alkyl halides is 3. The molecule has 0 aliphatic carbocycles. The lowest BCUT2D eigenvalue weighted by atomic mass is 9.85. The van der Waals surface area contributed by atoms with Gasteiger partial charge in [-0.1, -0.05) is 28.1 Å². The van der Waals surface area contributed by atoms with Crippen LogP contribution < -0.4 is 0 Å². The number of likely N-dealkylation sites (tertiary alicyclic amines) is 1. The predicted octanol–water partition coefficient (Wildman–Crippen LogP) is 5.22. The summed E-state index contributed by atoms with van der Waals surface area (Å²) in [4.78, 5) is 27.1. The van der Waals surface area contributed by atoms with E-state index in [1.807, 2.05) is 0 Å². The lowest BCUT2D eigenvalue weighted by molar-refractivity contribution is -0.137. The number of halogens is 5. The molecule has 0 spiro atoms. The minimum atomic E-state index is -4.61. The zero-order valence-electron chi connectivity index (χ0n) is 16.4. The molecule has 0 radical (unpaired) electrons. The molecule has 2 atom stereocenters. The van der Waals surface area contributed by atoms with Gasteiger partial charge in [-0.2, -0.15) is 13.2 Å². The largest absolute Gasteiger partial charge is 0.465 e. The maximum atomic E-state index is 13.4. The van der Waals surface area contributed by atoms with Gasteiger partial charge in [-0.15, -0.1) is 0 Å². The summed E-state index contributed by atoms with van der Waals surface area (Å²) in [5, 5.41) is 9.37. The lowest BCUT2D eigenvalue weighted by Crippen LogP contribution is -2.51. The van der Waals surface area contributed by atoms with E-state index in [1.54, 1.807) is 0 Å². The number of benzene rings is 2. The van der Waals surface area contributed by atoms with E-state index in [1.165, 1.54) is 47.2 Å². The average molecular weight is 503 g/mol. The summed E-state index contributed by atoms with van der Waals surface area (Å²) in [7, 11) is 1.48. The van der Waals surface area contributed by atoms with Crippen LogP contribution in [-0.2, 0) is 6.18 Å². The smallest absolute Gasteiger partial charge is 0.416 e. The second kappa shape index (κ2) is 8.86. The van der Waals surface area contributed by atoms with Crippen LogP contribution in [-0.4, -0.2) is 53.1 Å². The highest BCUT2D eigenvalue weighted by Gasteiger charge is 2.37. The van der Waals surface area contributed by atoms with Gasteiger partial charge in [-0.25, -0.2) is 9.18 Å². The molecule has 0 bridgehead atoms. The van der Waals surface area contributed by atoms with Crippen molar-refractivity contribution in [3.05, 3.63) is 69.4 Å². The van der Waals surface area contributed by atoms with Crippen LogP contribution in [0.4, 0.5) is 22.4 Å². The zero-order chi connectivity index (χ0) is 22.9. The van der Waals surface area contributed by atoms with Gasteiger partial charge in [0.05, 0.1) is 5.56 Å². The Morgan fingerprint density at radius 3 is 2.39 bits per heavy atom. The van der Waals surface area contributed by atoms with Crippen molar-refractivity contribution in [3.8, 4) is 0 Å². The molecule has 166 valence electrons. The Morgan fingerprint density at radius 1 is 1.16 bits per heavy atom. The van der Waals surface area contributed by atoms with Crippen molar-refractivity contribution < 1.29 is 32.3 Å². The summed E-state index contributed by atoms with van der Waals surface area (Å²) < 4.78 is 53.0. The fourth-order valence-corrected chi connectivity index (χ4v) is 4.34. The van der Waals surface area contributed by atoms with Crippen LogP contribution >= 0.6 is 15.9 Å². The molecule has 2 aromatic carbocycles. The van der Waals surface area contributed by atoms with Gasteiger partial charge < -0.3 is 14.9 Å². The summed E-state index contributed by atoms with van der Waals surface area (Å²) >= 11 is 3.02. The summed E-state index contributed by atoms with van der Waals surface area (Å²) in [6, 6.07) is 8.06. The van der Waals surface area contributed by atoms with Crippen LogP contribution in [0.25, 0.3) is 0 Å². The molecule has 10 heteroatoms. The third kappa shape index (κ3) is 5.17. The van der Waals surface area contributed by atoms with Crippen LogP contribution in [0.1, 0.15) is 33.8 Å². The Kier molecular flexibility index (Phi) is 6.59. The van der Waals surface area contributed by atoms with E-state index in [2.05, 4.69) is 15.9 Å². The molecule has 1 aliphatic rings. The van der Waals surface area contributed by atoms with E-state index in [9.17, 15) is 32.3 Å². The molecule has 3 rings (SSSR count). The van der Waals surface area contributed by atoms with Crippen LogP contribution in [0.3, 0.4) is 0 Å². The first-order valence-corrected chi connectivity index (χ1v) is 10.1. The SMILES string of the molecule is CN(C(=O)c1cc(Br)cc(C(F)(F)F)c1)C1CCN(C(=O)O)CC1c1ccc(F)cc1. The Morgan fingerprint density at radius 2 is 1.81 bits per heavy atom. The fourth-order valence-electron chi connectivity index (χ4n) is 3.85. The van der Waals surface area contributed by atoms with Crippen molar-refractivity contribution in [1.82, 2.24) is 9.80 Å². The molecule has 0 saturated carbocycles. The van der Waals surface area contributed by atoms with E-state index in [-0.39, 0.29) is 29.5 Å². The molecular formula is C21H19BrF4N2O3. The molecule has 2 aromatic rings. The number of hydrogen-bond donors (Lipinski definition) is 1. The van der Waals surface area contributed by atoms with Crippen molar-refractivity contribution in [2.24, 2.45) is 0 Å². The molecule has 5 nitrogen and oxygen atoms in total. The number of nitrogens with zero attached hydrogens (tertiary/aromatic N) is 2. The maximum Gasteiger partial charge on any atom is 0.416 e. The van der Waals surface area contributed by atoms with Gasteiger partial charge in [0.15, 0.2) is 0 Å². The Balaban J connectivity index is 1.93. The molecule has 2 amide bonds. The van der Waals surface area contributed by atoms with Gasteiger partial charge in [0.25, 0.3) is 5.91 Å². The van der Waals surface area contributed by atoms with Crippen LogP contribution in [0, 0.1) is 5.82 Å². The highest BCUT2D eigenvalue weighted by Crippen LogP contribution is 2.34. The monoisotopic (exact) mass is 502 g/mol. The number of carbonyl (C=O) groups excluding carboxylic acids is 1. The number of carboxylic acid groups (broad SMARTS) is 1. The molecule has 1 fully saturated rings. The molecule has 0 aromatic heterocycles. The number of hydrogen-bond acceptors (Lipinski definition) is 2. The first-order valence-electron chi connectivity index (χ1n) is 9.35. The predicted molar refractivity (Wildman–Crippen MR) is 108 cm³/mol. The third-order valence-corrected chi connectivity index (χ3v) is 5.89. The summed E-state index contributed by atoms with van der Waals surface area (Å²) in [5.74, 6) is -1.54. The van der Waals surface area contributed by atoms with Gasteiger partial charge in [0.1, 0.15) is 5.82 Å². The van der Waals surface area contributed by atoms with Crippen LogP contribution in [0.5, 0.6) is 0 Å². The molecular weight excluding hydrogens is 484 g/mol. The highest BCUT2D eigenvalue weighted by molar-refractivity contribution is 9.10. The third-order valence-electron chi connectivity index (χ3n) is 5.43. The normalized spacial score (nSPS) is 19.2. The number of amides is 2. The maximum absolute atomic E-state index is 13.4. The van der Waals surface area contributed by atoms with Crippen molar-refractivity contribution in [2.45, 2.75) is 24.6 Å². The van der Waals surface area contributed by atoms with Gasteiger partial charge >= 0.3 is 12.3 Å². The van der Waals surface area contributed by atoms with E-state index in [0.29, 0.717) is 5.56 Å². The molecule has 1 heterocycles. The molecule has 2 unspecified atom stereocenters. The first-order chi connectivity index (χ1) is 14.5. The van der Waals surface area contributed by atoms with Gasteiger partial charge in [-0.3, -0.25) is 4.79 Å². The topological polar surface area (TPSA) is 60.9 Å². The lowest BCUT2D eigenvalue weighted by Gasteiger charge is -2.42. The number of carbonyl (C=O) groups is 2. The Hall–Kier alpha value is -2.62. The molecule has 1 saturated heterocycles. The van der Waals surface area contributed by atoms with Gasteiger partial charge in [-0.05, 0) is 42.3 Å². The summed E-state index contributed by atoms with van der Waals surface area (Å²) in [6.45, 7) is 0.247. The molecule has 1 aliphatic heterocycles.